The van der Waals surface area contributed by atoms with E-state index in [0.29, 0.717) is 43.2 Å². The first-order chi connectivity index (χ1) is 16.1. The molecule has 1 N–H and O–H groups in total. The van der Waals surface area contributed by atoms with Crippen molar-refractivity contribution in [3.05, 3.63) is 59.2 Å². The predicted octanol–water partition coefficient (Wildman–Crippen LogP) is 1.79. The van der Waals surface area contributed by atoms with Gasteiger partial charge >= 0.3 is 0 Å². The molecule has 0 saturated carbocycles. The minimum absolute atomic E-state index is 0.0110. The number of nitrogens with one attached hydrogen (secondary N) is 1. The number of hydrogen-bond donors (Lipinski definition) is 1. The molecule has 1 amide bonds. The van der Waals surface area contributed by atoms with Gasteiger partial charge in [0.25, 0.3) is 5.91 Å². The normalized spacial score (nSPS) is 21.5. The summed E-state index contributed by atoms with van der Waals surface area (Å²) in [5.41, 5.74) is 1.92. The van der Waals surface area contributed by atoms with Crippen molar-refractivity contribution in [2.75, 3.05) is 31.2 Å². The Bertz CT molecular complexity index is 1300. The molecule has 2 saturated heterocycles. The number of fused-ring (bicyclic) bond motifs is 2. The van der Waals surface area contributed by atoms with Gasteiger partial charge in [-0.1, -0.05) is 6.07 Å². The lowest BCUT2D eigenvalue weighted by Crippen LogP contribution is -2.36. The molecule has 166 valence electrons. The average Bonchev–Trinajstić information content (AvgIpc) is 3.56. The third kappa shape index (κ3) is 3.25. The molecular weight excluding hydrogens is 427 g/mol. The summed E-state index contributed by atoms with van der Waals surface area (Å²) < 4.78 is 27.9. The Labute approximate surface area is 188 Å². The summed E-state index contributed by atoms with van der Waals surface area (Å²) in [4.78, 5) is 19.2. The molecule has 33 heavy (non-hydrogen) atoms. The highest BCUT2D eigenvalue weighted by molar-refractivity contribution is 6.01. The van der Waals surface area contributed by atoms with Crippen molar-refractivity contribution in [1.29, 1.82) is 5.26 Å². The predicted molar refractivity (Wildman–Crippen MR) is 114 cm³/mol. The minimum Gasteiger partial charge on any atom is -0.371 e. The van der Waals surface area contributed by atoms with Crippen molar-refractivity contribution < 1.29 is 18.7 Å². The summed E-state index contributed by atoms with van der Waals surface area (Å²) in [7, 11) is 0. The number of aromatic nitrogens is 3. The van der Waals surface area contributed by atoms with E-state index in [1.165, 1.54) is 12.1 Å². The first kappa shape index (κ1) is 19.8. The molecule has 1 aromatic carbocycles. The van der Waals surface area contributed by atoms with E-state index in [9.17, 15) is 14.4 Å². The van der Waals surface area contributed by atoms with Crippen LogP contribution in [-0.2, 0) is 16.0 Å². The fraction of sp³-hybridized carbons (Fsp3) is 0.304. The summed E-state index contributed by atoms with van der Waals surface area (Å²) in [6.45, 7) is 2.74. The average molecular weight is 446 g/mol. The number of hydrogen-bond acceptors (Lipinski definition) is 7. The Kier molecular flexibility index (Phi) is 4.60. The largest absolute Gasteiger partial charge is 0.371 e. The number of rotatable bonds is 3. The molecule has 3 aliphatic rings. The fourth-order valence-corrected chi connectivity index (χ4v) is 4.66. The highest BCUT2D eigenvalue weighted by Crippen LogP contribution is 2.32. The molecule has 3 aromatic rings. The number of halogens is 1. The van der Waals surface area contributed by atoms with Crippen molar-refractivity contribution in [3.8, 4) is 23.0 Å². The van der Waals surface area contributed by atoms with Crippen LogP contribution in [0.3, 0.4) is 0 Å². The number of carbonyl (C=O) groups excluding carboxylic acids is 1. The monoisotopic (exact) mass is 446 g/mol. The van der Waals surface area contributed by atoms with Gasteiger partial charge in [-0.2, -0.15) is 10.4 Å². The Balaban J connectivity index is 1.42. The van der Waals surface area contributed by atoms with Crippen LogP contribution in [0, 0.1) is 17.1 Å². The van der Waals surface area contributed by atoms with Crippen molar-refractivity contribution in [2.24, 2.45) is 0 Å². The molecule has 2 atom stereocenters. The fourth-order valence-electron chi connectivity index (χ4n) is 4.66. The van der Waals surface area contributed by atoms with Gasteiger partial charge in [-0.15, -0.1) is 0 Å². The van der Waals surface area contributed by atoms with Crippen LogP contribution in [0.2, 0.25) is 0 Å². The zero-order valence-corrected chi connectivity index (χ0v) is 17.5. The highest BCUT2D eigenvalue weighted by atomic mass is 19.1. The zero-order chi connectivity index (χ0) is 22.5. The Morgan fingerprint density at radius 3 is 2.70 bits per heavy atom. The molecule has 6 rings (SSSR count). The highest BCUT2D eigenvalue weighted by Gasteiger charge is 2.37. The lowest BCUT2D eigenvalue weighted by molar-refractivity contribution is -0.116. The summed E-state index contributed by atoms with van der Waals surface area (Å²) in [6.07, 6.45) is 1.78. The topological polar surface area (TPSA) is 105 Å². The quantitative estimate of drug-likeness (QED) is 0.654. The number of nitrogens with zero attached hydrogens (tertiary/aromatic N) is 5. The maximum Gasteiger partial charge on any atom is 0.255 e. The van der Waals surface area contributed by atoms with Gasteiger partial charge in [0.15, 0.2) is 5.82 Å². The van der Waals surface area contributed by atoms with E-state index >= 15 is 0 Å². The number of carbonyl (C=O) groups is 1. The Hall–Kier alpha value is -3.81. The van der Waals surface area contributed by atoms with Gasteiger partial charge in [-0.25, -0.2) is 14.1 Å². The van der Waals surface area contributed by atoms with E-state index < -0.39 is 5.82 Å². The van der Waals surface area contributed by atoms with E-state index in [-0.39, 0.29) is 41.5 Å². The molecule has 0 unspecified atom stereocenters. The number of pyridine rings is 1. The number of ether oxygens (including phenoxy) is 2. The number of anilines is 1. The smallest absolute Gasteiger partial charge is 0.255 e. The molecule has 10 heteroatoms. The second-order valence-electron chi connectivity index (χ2n) is 8.15. The first-order valence-corrected chi connectivity index (χ1v) is 10.7. The van der Waals surface area contributed by atoms with Crippen LogP contribution < -0.4 is 10.2 Å². The standard InChI is InChI=1S/C23H19FN6O3/c24-14-3-1-2-13(9-25)21(14)15-8-17(22-16(27-15)10-26-23(22)31)30-5-4-20(28-30)29-11-18-19(12-29)33-7-6-32-18/h1-5,8,18-19H,6-7,10-12H2,(H,26,31)/t18-,19+. The van der Waals surface area contributed by atoms with Gasteiger partial charge in [0, 0.05) is 25.4 Å². The Morgan fingerprint density at radius 1 is 1.15 bits per heavy atom. The van der Waals surface area contributed by atoms with Crippen LogP contribution in [0.15, 0.2) is 36.5 Å². The second kappa shape index (κ2) is 7.65. The van der Waals surface area contributed by atoms with Crippen LogP contribution in [0.25, 0.3) is 16.9 Å². The Morgan fingerprint density at radius 2 is 1.94 bits per heavy atom. The summed E-state index contributed by atoms with van der Waals surface area (Å²) in [6, 6.07) is 9.80. The molecule has 2 aromatic heterocycles. The van der Waals surface area contributed by atoms with E-state index in [2.05, 4.69) is 15.2 Å². The molecule has 0 spiro atoms. The lowest BCUT2D eigenvalue weighted by atomic mass is 10.0. The summed E-state index contributed by atoms with van der Waals surface area (Å²) in [5.74, 6) is -0.0876. The maximum absolute atomic E-state index is 14.7. The van der Waals surface area contributed by atoms with Gasteiger partial charge in [0.2, 0.25) is 0 Å². The lowest BCUT2D eigenvalue weighted by Gasteiger charge is -2.24. The van der Waals surface area contributed by atoms with Gasteiger partial charge in [-0.05, 0) is 18.2 Å². The summed E-state index contributed by atoms with van der Waals surface area (Å²) in [5, 5.41) is 16.9. The molecule has 0 aliphatic carbocycles. The van der Waals surface area contributed by atoms with Crippen LogP contribution in [-0.4, -0.2) is 59.2 Å². The van der Waals surface area contributed by atoms with Crippen LogP contribution in [0.5, 0.6) is 0 Å². The van der Waals surface area contributed by atoms with Gasteiger partial charge in [0.1, 0.15) is 18.0 Å². The number of nitriles is 1. The van der Waals surface area contributed by atoms with E-state index in [1.54, 1.807) is 23.0 Å². The van der Waals surface area contributed by atoms with Crippen LogP contribution >= 0.6 is 0 Å². The third-order valence-corrected chi connectivity index (χ3v) is 6.22. The van der Waals surface area contributed by atoms with Crippen LogP contribution in [0.1, 0.15) is 21.6 Å². The van der Waals surface area contributed by atoms with Crippen molar-refractivity contribution >= 4 is 11.7 Å². The maximum atomic E-state index is 14.7. The van der Waals surface area contributed by atoms with Crippen molar-refractivity contribution in [2.45, 2.75) is 18.8 Å². The number of amides is 1. The molecule has 2 fully saturated rings. The molecule has 0 radical (unpaired) electrons. The molecule has 3 aliphatic heterocycles. The van der Waals surface area contributed by atoms with E-state index in [1.807, 2.05) is 12.1 Å². The minimum atomic E-state index is -0.550. The third-order valence-electron chi connectivity index (χ3n) is 6.22. The van der Waals surface area contributed by atoms with Crippen molar-refractivity contribution in [1.82, 2.24) is 20.1 Å². The molecule has 5 heterocycles. The van der Waals surface area contributed by atoms with Gasteiger partial charge in [-0.3, -0.25) is 4.79 Å². The van der Waals surface area contributed by atoms with Crippen LogP contribution in [0.4, 0.5) is 10.2 Å². The zero-order valence-electron chi connectivity index (χ0n) is 17.5. The molecule has 0 bridgehead atoms. The van der Waals surface area contributed by atoms with Crippen molar-refractivity contribution in [3.63, 3.8) is 0 Å². The molecule has 9 nitrogen and oxygen atoms in total. The number of benzene rings is 1. The second-order valence-corrected chi connectivity index (χ2v) is 8.15. The molecular formula is C23H19FN6O3. The van der Waals surface area contributed by atoms with E-state index in [4.69, 9.17) is 14.6 Å². The SMILES string of the molecule is N#Cc1cccc(F)c1-c1cc(-n2ccc(N3C[C@@H]4OCCO[C@@H]4C3)n2)c2c(n1)CNC2=O. The van der Waals surface area contributed by atoms with Gasteiger partial charge < -0.3 is 19.7 Å². The van der Waals surface area contributed by atoms with Gasteiger partial charge in [0.05, 0.1) is 59.6 Å². The summed E-state index contributed by atoms with van der Waals surface area (Å²) >= 11 is 0. The van der Waals surface area contributed by atoms with E-state index in [0.717, 1.165) is 5.82 Å². The first-order valence-electron chi connectivity index (χ1n) is 10.7.